The number of ether oxygens (including phenoxy) is 1. The lowest BCUT2D eigenvalue weighted by Gasteiger charge is -2.27. The van der Waals surface area contributed by atoms with Crippen molar-refractivity contribution in [3.63, 3.8) is 0 Å². The van der Waals surface area contributed by atoms with Gasteiger partial charge >= 0.3 is 0 Å². The van der Waals surface area contributed by atoms with Gasteiger partial charge in [-0.1, -0.05) is 6.92 Å². The van der Waals surface area contributed by atoms with E-state index in [0.29, 0.717) is 11.4 Å². The Balaban J connectivity index is 1.52. The van der Waals surface area contributed by atoms with Crippen LogP contribution >= 0.6 is 0 Å². The molecule has 2 aromatic rings. The zero-order valence-corrected chi connectivity index (χ0v) is 17.6. The third-order valence-corrected chi connectivity index (χ3v) is 5.56. The summed E-state index contributed by atoms with van der Waals surface area (Å²) >= 11 is 0. The number of hydrogen-bond acceptors (Lipinski definition) is 5. The van der Waals surface area contributed by atoms with E-state index in [1.165, 1.54) is 6.08 Å². The number of halogens is 1. The number of nitrogens with one attached hydrogen (secondary N) is 1. The van der Waals surface area contributed by atoms with Crippen LogP contribution in [-0.2, 0) is 6.54 Å². The lowest BCUT2D eigenvalue weighted by Crippen LogP contribution is -2.42. The van der Waals surface area contributed by atoms with Gasteiger partial charge in [-0.3, -0.25) is 9.69 Å². The molecule has 1 amide bonds. The third-order valence-electron chi connectivity index (χ3n) is 5.56. The molecule has 1 aliphatic carbocycles. The molecule has 3 N–H and O–H groups in total. The molecule has 0 saturated carbocycles. The quantitative estimate of drug-likeness (QED) is 0.748. The molecule has 2 unspecified atom stereocenters. The Morgan fingerprint density at radius 3 is 2.68 bits per heavy atom. The molecule has 31 heavy (non-hydrogen) atoms. The van der Waals surface area contributed by atoms with Gasteiger partial charge in [-0.05, 0) is 60.2 Å². The molecular weight excluding hydrogens is 395 g/mol. The van der Waals surface area contributed by atoms with Crippen molar-refractivity contribution in [1.29, 1.82) is 0 Å². The van der Waals surface area contributed by atoms with Crippen molar-refractivity contribution in [3.05, 3.63) is 71.7 Å². The van der Waals surface area contributed by atoms with Crippen molar-refractivity contribution in [2.24, 2.45) is 11.7 Å². The van der Waals surface area contributed by atoms with Crippen LogP contribution in [-0.4, -0.2) is 48.1 Å². The minimum Gasteiger partial charge on any atom is -0.486 e. The maximum absolute atomic E-state index is 13.3. The lowest BCUT2D eigenvalue weighted by atomic mass is 9.99. The van der Waals surface area contributed by atoms with Crippen molar-refractivity contribution in [2.75, 3.05) is 26.2 Å². The number of amides is 1. The zero-order chi connectivity index (χ0) is 21.8. The van der Waals surface area contributed by atoms with Gasteiger partial charge in [-0.25, -0.2) is 9.37 Å². The predicted molar refractivity (Wildman–Crippen MR) is 118 cm³/mol. The maximum Gasteiger partial charge on any atom is 0.267 e. The predicted octanol–water partition coefficient (Wildman–Crippen LogP) is 3.06. The molecule has 7 heteroatoms. The topological polar surface area (TPSA) is 80.5 Å². The lowest BCUT2D eigenvalue weighted by molar-refractivity contribution is 0.0995. The molecule has 6 nitrogen and oxygen atoms in total. The SMILES string of the molecule is CC1C=C(F)C=CC1Oc1ccc(-c2cc(CN3CCNCC3)cc(C(N)=O)n2)cc1. The number of hydrogen-bond donors (Lipinski definition) is 2. The largest absolute Gasteiger partial charge is 0.486 e. The molecule has 2 heterocycles. The minimum atomic E-state index is -0.540. The molecule has 1 aromatic heterocycles. The summed E-state index contributed by atoms with van der Waals surface area (Å²) < 4.78 is 19.3. The summed E-state index contributed by atoms with van der Waals surface area (Å²) in [6.07, 6.45) is 4.50. The van der Waals surface area contributed by atoms with Crippen molar-refractivity contribution in [2.45, 2.75) is 19.6 Å². The van der Waals surface area contributed by atoms with Crippen LogP contribution in [0.15, 0.2) is 60.5 Å². The Kier molecular flexibility index (Phi) is 6.44. The molecule has 0 radical (unpaired) electrons. The van der Waals surface area contributed by atoms with Gasteiger partial charge < -0.3 is 15.8 Å². The summed E-state index contributed by atoms with van der Waals surface area (Å²) in [7, 11) is 0. The first-order chi connectivity index (χ1) is 15.0. The van der Waals surface area contributed by atoms with Gasteiger partial charge in [0, 0.05) is 44.2 Å². The van der Waals surface area contributed by atoms with Crippen LogP contribution < -0.4 is 15.8 Å². The standard InChI is InChI=1S/C24H27FN4O2/c1-16-12-19(25)4-7-23(16)31-20-5-2-18(3-6-20)21-13-17(14-22(28-21)24(26)30)15-29-10-8-27-9-11-29/h2-7,12-14,16,23,27H,8-11,15H2,1H3,(H2,26,30). The van der Waals surface area contributed by atoms with E-state index in [2.05, 4.69) is 15.2 Å². The normalized spacial score (nSPS) is 21.5. The fourth-order valence-corrected chi connectivity index (χ4v) is 3.85. The number of aromatic nitrogens is 1. The number of primary amides is 1. The third kappa shape index (κ3) is 5.37. The molecule has 2 aliphatic rings. The highest BCUT2D eigenvalue weighted by Crippen LogP contribution is 2.26. The van der Waals surface area contributed by atoms with E-state index in [1.807, 2.05) is 37.3 Å². The Morgan fingerprint density at radius 2 is 2.00 bits per heavy atom. The molecule has 4 rings (SSSR count). The summed E-state index contributed by atoms with van der Waals surface area (Å²) in [6.45, 7) is 6.50. The molecular formula is C24H27FN4O2. The summed E-state index contributed by atoms with van der Waals surface area (Å²) in [5.74, 6) is -0.138. The van der Waals surface area contributed by atoms with Gasteiger partial charge in [0.1, 0.15) is 23.4 Å². The fourth-order valence-electron chi connectivity index (χ4n) is 3.85. The van der Waals surface area contributed by atoms with Crippen molar-refractivity contribution < 1.29 is 13.9 Å². The van der Waals surface area contributed by atoms with E-state index in [9.17, 15) is 9.18 Å². The number of allylic oxidation sites excluding steroid dienone is 2. The molecule has 0 spiro atoms. The second-order valence-electron chi connectivity index (χ2n) is 8.01. The molecule has 1 saturated heterocycles. The van der Waals surface area contributed by atoms with Gasteiger partial charge in [0.05, 0.1) is 5.69 Å². The zero-order valence-electron chi connectivity index (χ0n) is 17.6. The maximum atomic E-state index is 13.3. The highest BCUT2D eigenvalue weighted by molar-refractivity contribution is 5.91. The van der Waals surface area contributed by atoms with Gasteiger partial charge in [0.25, 0.3) is 5.91 Å². The summed E-state index contributed by atoms with van der Waals surface area (Å²) in [5, 5.41) is 3.34. The number of carbonyl (C=O) groups is 1. The number of pyridine rings is 1. The smallest absolute Gasteiger partial charge is 0.267 e. The van der Waals surface area contributed by atoms with E-state index in [-0.39, 0.29) is 23.5 Å². The van der Waals surface area contributed by atoms with Crippen LogP contribution in [0.5, 0.6) is 5.75 Å². The summed E-state index contributed by atoms with van der Waals surface area (Å²) in [5.41, 5.74) is 8.37. The van der Waals surface area contributed by atoms with Crippen molar-refractivity contribution in [3.8, 4) is 17.0 Å². The molecule has 1 aromatic carbocycles. The van der Waals surface area contributed by atoms with E-state index in [0.717, 1.165) is 43.9 Å². The van der Waals surface area contributed by atoms with Crippen molar-refractivity contribution in [1.82, 2.24) is 15.2 Å². The van der Waals surface area contributed by atoms with Crippen LogP contribution in [0.4, 0.5) is 4.39 Å². The van der Waals surface area contributed by atoms with Crippen LogP contribution in [0.3, 0.4) is 0 Å². The number of nitrogens with zero attached hydrogens (tertiary/aromatic N) is 2. The molecule has 1 fully saturated rings. The Morgan fingerprint density at radius 1 is 1.26 bits per heavy atom. The van der Waals surface area contributed by atoms with Crippen molar-refractivity contribution >= 4 is 5.91 Å². The molecule has 1 aliphatic heterocycles. The number of rotatable bonds is 6. The van der Waals surface area contributed by atoms with E-state index in [1.54, 1.807) is 18.2 Å². The summed E-state index contributed by atoms with van der Waals surface area (Å²) in [6, 6.07) is 11.3. The van der Waals surface area contributed by atoms with Crippen LogP contribution in [0.1, 0.15) is 23.0 Å². The first-order valence-corrected chi connectivity index (χ1v) is 10.5. The first-order valence-electron chi connectivity index (χ1n) is 10.5. The Bertz CT molecular complexity index is 997. The number of carbonyl (C=O) groups excluding carboxylic acids is 1. The summed E-state index contributed by atoms with van der Waals surface area (Å²) in [4.78, 5) is 18.6. The molecule has 0 bridgehead atoms. The van der Waals surface area contributed by atoms with Crippen LogP contribution in [0.25, 0.3) is 11.3 Å². The molecule has 162 valence electrons. The van der Waals surface area contributed by atoms with Crippen LogP contribution in [0.2, 0.25) is 0 Å². The van der Waals surface area contributed by atoms with Crippen LogP contribution in [0, 0.1) is 5.92 Å². The van der Waals surface area contributed by atoms with Gasteiger partial charge in [-0.15, -0.1) is 0 Å². The van der Waals surface area contributed by atoms with Gasteiger partial charge in [0.2, 0.25) is 0 Å². The number of piperazine rings is 1. The second-order valence-corrected chi connectivity index (χ2v) is 8.01. The highest BCUT2D eigenvalue weighted by atomic mass is 19.1. The second kappa shape index (κ2) is 9.41. The van der Waals surface area contributed by atoms with E-state index >= 15 is 0 Å². The average molecular weight is 423 g/mol. The minimum absolute atomic E-state index is 0.0499. The molecule has 2 atom stereocenters. The first kappa shape index (κ1) is 21.2. The highest BCUT2D eigenvalue weighted by Gasteiger charge is 2.19. The van der Waals surface area contributed by atoms with E-state index < -0.39 is 5.91 Å². The number of nitrogens with two attached hydrogens (primary N) is 1. The average Bonchev–Trinajstić information content (AvgIpc) is 2.77. The Labute approximate surface area is 181 Å². The van der Waals surface area contributed by atoms with E-state index in [4.69, 9.17) is 10.5 Å². The monoisotopic (exact) mass is 422 g/mol. The number of benzene rings is 1. The Hall–Kier alpha value is -3.03. The fraction of sp³-hybridized carbons (Fsp3) is 0.333. The van der Waals surface area contributed by atoms with Gasteiger partial charge in [0.15, 0.2) is 0 Å². The van der Waals surface area contributed by atoms with Gasteiger partial charge in [-0.2, -0.15) is 0 Å².